The molecule has 7 heteroatoms. The van der Waals surface area contributed by atoms with Gasteiger partial charge >= 0.3 is 0 Å². The summed E-state index contributed by atoms with van der Waals surface area (Å²) in [6.45, 7) is 16.3. The summed E-state index contributed by atoms with van der Waals surface area (Å²) < 4.78 is 5.95. The van der Waals surface area contributed by atoms with Crippen LogP contribution in [0.25, 0.3) is 11.4 Å². The van der Waals surface area contributed by atoms with E-state index >= 15 is 0 Å². The molecule has 1 aromatic carbocycles. The van der Waals surface area contributed by atoms with Gasteiger partial charge < -0.3 is 19.9 Å². The Hall–Kier alpha value is -2.22. The molecule has 0 radical (unpaired) electrons. The van der Waals surface area contributed by atoms with Crippen molar-refractivity contribution in [1.82, 2.24) is 19.8 Å². The lowest BCUT2D eigenvalue weighted by atomic mass is 10.1. The molecule has 35 heavy (non-hydrogen) atoms. The molecule has 0 bridgehead atoms. The number of nitrogens with zero attached hydrogens (tertiary/aromatic N) is 5. The quantitative estimate of drug-likeness (QED) is 0.575. The molecule has 190 valence electrons. The van der Waals surface area contributed by atoms with Gasteiger partial charge in [0.25, 0.3) is 0 Å². The van der Waals surface area contributed by atoms with Crippen LogP contribution < -0.4 is 10.2 Å². The molecule has 1 aromatic heterocycles. The SMILES string of the molecule is CC1Cc2nc(-c3ccc(N4CCN(C(C)C)CC4)cc3)nc(NCCCN3CCCC3)c2CO1. The number of rotatable bonds is 8. The van der Waals surface area contributed by atoms with Crippen molar-refractivity contribution in [1.29, 1.82) is 0 Å². The van der Waals surface area contributed by atoms with Crippen LogP contribution in [0.4, 0.5) is 11.5 Å². The largest absolute Gasteiger partial charge is 0.373 e. The van der Waals surface area contributed by atoms with Crippen molar-refractivity contribution in [2.75, 3.05) is 62.6 Å². The smallest absolute Gasteiger partial charge is 0.161 e. The van der Waals surface area contributed by atoms with Gasteiger partial charge in [0.2, 0.25) is 0 Å². The minimum atomic E-state index is 0.195. The van der Waals surface area contributed by atoms with Crippen LogP contribution in [-0.4, -0.2) is 84.3 Å². The second-order valence-corrected chi connectivity index (χ2v) is 10.6. The predicted octanol–water partition coefficient (Wildman–Crippen LogP) is 4.03. The highest BCUT2D eigenvalue weighted by molar-refractivity contribution is 5.63. The van der Waals surface area contributed by atoms with Gasteiger partial charge in [-0.25, -0.2) is 9.97 Å². The van der Waals surface area contributed by atoms with E-state index in [1.54, 1.807) is 0 Å². The second kappa shape index (κ2) is 11.2. The van der Waals surface area contributed by atoms with Gasteiger partial charge in [0.05, 0.1) is 18.4 Å². The number of benzene rings is 1. The molecule has 1 atom stereocenters. The van der Waals surface area contributed by atoms with Gasteiger partial charge in [0.15, 0.2) is 5.82 Å². The lowest BCUT2D eigenvalue weighted by Gasteiger charge is -2.38. The molecule has 1 N–H and O–H groups in total. The molecule has 7 nitrogen and oxygen atoms in total. The summed E-state index contributed by atoms with van der Waals surface area (Å²) in [6.07, 6.45) is 4.85. The highest BCUT2D eigenvalue weighted by Gasteiger charge is 2.23. The Balaban J connectivity index is 1.28. The summed E-state index contributed by atoms with van der Waals surface area (Å²) in [4.78, 5) is 17.6. The number of anilines is 2. The third-order valence-corrected chi connectivity index (χ3v) is 7.76. The van der Waals surface area contributed by atoms with E-state index in [0.717, 1.165) is 80.6 Å². The molecule has 3 aliphatic heterocycles. The van der Waals surface area contributed by atoms with E-state index in [1.165, 1.54) is 31.6 Å². The maximum atomic E-state index is 5.95. The Morgan fingerprint density at radius 1 is 1.00 bits per heavy atom. The van der Waals surface area contributed by atoms with Gasteiger partial charge in [-0.1, -0.05) is 0 Å². The fourth-order valence-corrected chi connectivity index (χ4v) is 5.52. The zero-order chi connectivity index (χ0) is 24.2. The third kappa shape index (κ3) is 5.96. The van der Waals surface area contributed by atoms with Crippen LogP contribution in [0.1, 0.15) is 51.3 Å². The first-order valence-corrected chi connectivity index (χ1v) is 13.6. The molecule has 0 spiro atoms. The minimum absolute atomic E-state index is 0.195. The van der Waals surface area contributed by atoms with Crippen molar-refractivity contribution in [3.63, 3.8) is 0 Å². The van der Waals surface area contributed by atoms with Crippen molar-refractivity contribution in [3.05, 3.63) is 35.5 Å². The van der Waals surface area contributed by atoms with Gasteiger partial charge in [-0.15, -0.1) is 0 Å². The number of nitrogens with one attached hydrogen (secondary N) is 1. The molecule has 0 aliphatic carbocycles. The predicted molar refractivity (Wildman–Crippen MR) is 143 cm³/mol. The molecule has 3 aliphatic rings. The topological polar surface area (TPSA) is 56.8 Å². The Kier molecular flexibility index (Phi) is 7.85. The highest BCUT2D eigenvalue weighted by Crippen LogP contribution is 2.29. The first-order chi connectivity index (χ1) is 17.1. The van der Waals surface area contributed by atoms with Crippen LogP contribution >= 0.6 is 0 Å². The number of fused-ring (bicyclic) bond motifs is 1. The molecule has 2 fully saturated rings. The molecule has 1 unspecified atom stereocenters. The van der Waals surface area contributed by atoms with Crippen molar-refractivity contribution < 1.29 is 4.74 Å². The van der Waals surface area contributed by atoms with Crippen molar-refractivity contribution in [3.8, 4) is 11.4 Å². The fraction of sp³-hybridized carbons (Fsp3) is 0.643. The first kappa shape index (κ1) is 24.5. The van der Waals surface area contributed by atoms with E-state index in [-0.39, 0.29) is 6.10 Å². The maximum absolute atomic E-state index is 5.95. The summed E-state index contributed by atoms with van der Waals surface area (Å²) >= 11 is 0. The van der Waals surface area contributed by atoms with Crippen LogP contribution in [0.2, 0.25) is 0 Å². The van der Waals surface area contributed by atoms with Crippen LogP contribution in [0.15, 0.2) is 24.3 Å². The Morgan fingerprint density at radius 3 is 2.46 bits per heavy atom. The standard InChI is InChI=1S/C28H42N6O/c1-21(2)33-15-17-34(18-16-33)24-9-7-23(8-10-24)27-30-26-19-22(3)35-20-25(26)28(31-27)29-11-6-14-32-12-4-5-13-32/h7-10,21-22H,4-6,11-20H2,1-3H3,(H,29,30,31). The molecule has 2 saturated heterocycles. The first-order valence-electron chi connectivity index (χ1n) is 13.6. The maximum Gasteiger partial charge on any atom is 0.161 e. The summed E-state index contributed by atoms with van der Waals surface area (Å²) in [5, 5.41) is 3.63. The zero-order valence-corrected chi connectivity index (χ0v) is 21.8. The Labute approximate surface area is 210 Å². The Bertz CT molecular complexity index is 964. The minimum Gasteiger partial charge on any atom is -0.373 e. The van der Waals surface area contributed by atoms with E-state index < -0.39 is 0 Å². The molecule has 2 aromatic rings. The number of aromatic nitrogens is 2. The number of likely N-dealkylation sites (tertiary alicyclic amines) is 1. The lowest BCUT2D eigenvalue weighted by molar-refractivity contribution is 0.0398. The normalized spacial score (nSPS) is 21.5. The van der Waals surface area contributed by atoms with Crippen molar-refractivity contribution in [2.24, 2.45) is 0 Å². The van der Waals surface area contributed by atoms with E-state index in [4.69, 9.17) is 14.7 Å². The van der Waals surface area contributed by atoms with E-state index in [2.05, 4.69) is 65.1 Å². The molecule has 5 rings (SSSR count). The molecular formula is C28H42N6O. The second-order valence-electron chi connectivity index (χ2n) is 10.6. The average Bonchev–Trinajstić information content (AvgIpc) is 3.40. The third-order valence-electron chi connectivity index (χ3n) is 7.76. The summed E-state index contributed by atoms with van der Waals surface area (Å²) in [5.41, 5.74) is 4.63. The van der Waals surface area contributed by atoms with Crippen LogP contribution in [0, 0.1) is 0 Å². The highest BCUT2D eigenvalue weighted by atomic mass is 16.5. The fourth-order valence-electron chi connectivity index (χ4n) is 5.52. The monoisotopic (exact) mass is 478 g/mol. The average molecular weight is 479 g/mol. The number of hydrogen-bond donors (Lipinski definition) is 1. The Morgan fingerprint density at radius 2 is 1.74 bits per heavy atom. The van der Waals surface area contributed by atoms with Crippen LogP contribution in [-0.2, 0) is 17.8 Å². The number of piperazine rings is 1. The van der Waals surface area contributed by atoms with Gasteiger partial charge in [0.1, 0.15) is 5.82 Å². The van der Waals surface area contributed by atoms with E-state index in [0.29, 0.717) is 12.6 Å². The molecule has 4 heterocycles. The lowest BCUT2D eigenvalue weighted by Crippen LogP contribution is -2.48. The van der Waals surface area contributed by atoms with Crippen molar-refractivity contribution in [2.45, 2.75) is 65.2 Å². The van der Waals surface area contributed by atoms with Gasteiger partial charge in [0, 0.05) is 62.0 Å². The van der Waals surface area contributed by atoms with Crippen LogP contribution in [0.3, 0.4) is 0 Å². The number of hydrogen-bond acceptors (Lipinski definition) is 7. The van der Waals surface area contributed by atoms with E-state index in [9.17, 15) is 0 Å². The molecule has 0 amide bonds. The summed E-state index contributed by atoms with van der Waals surface area (Å²) in [6, 6.07) is 9.46. The zero-order valence-electron chi connectivity index (χ0n) is 21.8. The van der Waals surface area contributed by atoms with Gasteiger partial charge in [-0.2, -0.15) is 0 Å². The van der Waals surface area contributed by atoms with Gasteiger partial charge in [-0.3, -0.25) is 4.90 Å². The number of ether oxygens (including phenoxy) is 1. The van der Waals surface area contributed by atoms with Crippen LogP contribution in [0.5, 0.6) is 0 Å². The molecular weight excluding hydrogens is 436 g/mol. The molecule has 0 saturated carbocycles. The van der Waals surface area contributed by atoms with Crippen molar-refractivity contribution >= 4 is 11.5 Å². The van der Waals surface area contributed by atoms with E-state index in [1.807, 2.05) is 0 Å². The summed E-state index contributed by atoms with van der Waals surface area (Å²) in [7, 11) is 0. The summed E-state index contributed by atoms with van der Waals surface area (Å²) in [5.74, 6) is 1.77. The van der Waals surface area contributed by atoms with Gasteiger partial charge in [-0.05, 0) is 83.9 Å².